The van der Waals surface area contributed by atoms with Crippen LogP contribution in [0.5, 0.6) is 0 Å². The van der Waals surface area contributed by atoms with Gasteiger partial charge in [-0.25, -0.2) is 0 Å². The Bertz CT molecular complexity index is 774. The van der Waals surface area contributed by atoms with Gasteiger partial charge in [0, 0.05) is 23.5 Å². The van der Waals surface area contributed by atoms with Gasteiger partial charge in [-0.05, 0) is 50.0 Å². The molecule has 0 aliphatic carbocycles. The summed E-state index contributed by atoms with van der Waals surface area (Å²) in [5.41, 5.74) is 6.26. The van der Waals surface area contributed by atoms with E-state index in [9.17, 15) is 9.59 Å². The molecule has 120 valence electrons. The van der Waals surface area contributed by atoms with Crippen molar-refractivity contribution in [2.24, 2.45) is 11.7 Å². The lowest BCUT2D eigenvalue weighted by Gasteiger charge is -2.44. The van der Waals surface area contributed by atoms with E-state index in [2.05, 4.69) is 10.2 Å². The van der Waals surface area contributed by atoms with Gasteiger partial charge in [-0.1, -0.05) is 6.07 Å². The highest BCUT2D eigenvalue weighted by atomic mass is 16.3. The largest absolute Gasteiger partial charge is 0.451 e. The molecule has 3 N–H and O–H groups in total. The maximum absolute atomic E-state index is 12.5. The zero-order valence-electron chi connectivity index (χ0n) is 12.7. The molecule has 3 aliphatic heterocycles. The number of nitrogens with zero attached hydrogens (tertiary/aromatic N) is 1. The van der Waals surface area contributed by atoms with Crippen LogP contribution in [0.4, 0.5) is 0 Å². The second-order valence-electron chi connectivity index (χ2n) is 6.45. The van der Waals surface area contributed by atoms with Crippen LogP contribution in [-0.4, -0.2) is 42.4 Å². The second kappa shape index (κ2) is 5.38. The molecule has 1 aromatic carbocycles. The number of primary amides is 1. The molecule has 0 spiro atoms. The first-order chi connectivity index (χ1) is 11.1. The van der Waals surface area contributed by atoms with Crippen LogP contribution in [-0.2, 0) is 0 Å². The summed E-state index contributed by atoms with van der Waals surface area (Å²) in [5.74, 6) is -0.0186. The first-order valence-electron chi connectivity index (χ1n) is 7.97. The van der Waals surface area contributed by atoms with Gasteiger partial charge in [0.2, 0.25) is 0 Å². The molecule has 3 aliphatic rings. The maximum atomic E-state index is 12.5. The third-order valence-corrected chi connectivity index (χ3v) is 5.00. The van der Waals surface area contributed by atoms with E-state index < -0.39 is 5.91 Å². The number of amides is 2. The molecule has 2 aromatic rings. The quantitative estimate of drug-likeness (QED) is 0.895. The fourth-order valence-electron chi connectivity index (χ4n) is 3.67. The number of rotatable bonds is 3. The number of fused-ring (bicyclic) bond motifs is 4. The number of benzene rings is 1. The number of carbonyl (C=O) groups excluding carboxylic acids is 2. The minimum atomic E-state index is -0.612. The summed E-state index contributed by atoms with van der Waals surface area (Å²) >= 11 is 0. The Labute approximate surface area is 133 Å². The molecule has 2 amide bonds. The highest BCUT2D eigenvalue weighted by Gasteiger charge is 2.34. The lowest BCUT2D eigenvalue weighted by atomic mass is 9.84. The van der Waals surface area contributed by atoms with Crippen molar-refractivity contribution in [1.82, 2.24) is 10.2 Å². The molecule has 1 atom stereocenters. The lowest BCUT2D eigenvalue weighted by molar-refractivity contribution is 0.0620. The van der Waals surface area contributed by atoms with Crippen LogP contribution >= 0.6 is 0 Å². The summed E-state index contributed by atoms with van der Waals surface area (Å²) < 4.78 is 5.40. The van der Waals surface area contributed by atoms with Crippen molar-refractivity contribution in [1.29, 1.82) is 0 Å². The Morgan fingerprint density at radius 3 is 2.65 bits per heavy atom. The van der Waals surface area contributed by atoms with Crippen LogP contribution in [0.15, 0.2) is 28.7 Å². The zero-order chi connectivity index (χ0) is 16.0. The van der Waals surface area contributed by atoms with Crippen LogP contribution in [0.3, 0.4) is 0 Å². The summed E-state index contributed by atoms with van der Waals surface area (Å²) in [6, 6.07) is 7.00. The minimum absolute atomic E-state index is 0.0947. The maximum Gasteiger partial charge on any atom is 0.284 e. The van der Waals surface area contributed by atoms with E-state index in [0.29, 0.717) is 17.1 Å². The summed E-state index contributed by atoms with van der Waals surface area (Å²) in [4.78, 5) is 26.1. The van der Waals surface area contributed by atoms with Crippen LogP contribution < -0.4 is 11.1 Å². The summed E-state index contributed by atoms with van der Waals surface area (Å²) in [5, 5.41) is 3.91. The van der Waals surface area contributed by atoms with Crippen LogP contribution in [0, 0.1) is 5.92 Å². The molecular formula is C17H19N3O3. The van der Waals surface area contributed by atoms with Crippen LogP contribution in [0.2, 0.25) is 0 Å². The number of piperidine rings is 3. The summed E-state index contributed by atoms with van der Waals surface area (Å²) in [6.45, 7) is 3.22. The zero-order valence-corrected chi connectivity index (χ0v) is 12.7. The van der Waals surface area contributed by atoms with Crippen LogP contribution in [0.25, 0.3) is 11.0 Å². The van der Waals surface area contributed by atoms with Crippen molar-refractivity contribution in [2.45, 2.75) is 18.9 Å². The minimum Gasteiger partial charge on any atom is -0.451 e. The number of nitrogens with two attached hydrogens (primary N) is 1. The number of hydrogen-bond acceptors (Lipinski definition) is 4. The van der Waals surface area contributed by atoms with E-state index in [1.54, 1.807) is 24.3 Å². The molecule has 0 unspecified atom stereocenters. The van der Waals surface area contributed by atoms with Crippen molar-refractivity contribution in [3.05, 3.63) is 35.6 Å². The molecule has 0 radical (unpaired) electrons. The predicted molar refractivity (Wildman–Crippen MR) is 85.2 cm³/mol. The monoisotopic (exact) mass is 313 g/mol. The number of furan rings is 1. The Hall–Kier alpha value is -2.34. The van der Waals surface area contributed by atoms with Gasteiger partial charge < -0.3 is 20.4 Å². The van der Waals surface area contributed by atoms with Gasteiger partial charge in [0.05, 0.1) is 0 Å². The molecule has 6 nitrogen and oxygen atoms in total. The van der Waals surface area contributed by atoms with Crippen molar-refractivity contribution in [3.8, 4) is 0 Å². The molecule has 1 aromatic heterocycles. The van der Waals surface area contributed by atoms with Gasteiger partial charge in [0.1, 0.15) is 5.58 Å². The molecule has 4 heterocycles. The molecule has 5 rings (SSSR count). The van der Waals surface area contributed by atoms with Gasteiger partial charge >= 0.3 is 0 Å². The molecule has 23 heavy (non-hydrogen) atoms. The van der Waals surface area contributed by atoms with Gasteiger partial charge in [0.25, 0.3) is 11.8 Å². The van der Waals surface area contributed by atoms with Gasteiger partial charge in [-0.2, -0.15) is 0 Å². The number of hydrogen-bond donors (Lipinski definition) is 2. The van der Waals surface area contributed by atoms with E-state index in [-0.39, 0.29) is 17.7 Å². The smallest absolute Gasteiger partial charge is 0.284 e. The lowest BCUT2D eigenvalue weighted by Crippen LogP contribution is -2.57. The fourth-order valence-corrected chi connectivity index (χ4v) is 3.67. The van der Waals surface area contributed by atoms with Gasteiger partial charge in [0.15, 0.2) is 5.76 Å². The van der Waals surface area contributed by atoms with Crippen molar-refractivity contribution in [3.63, 3.8) is 0 Å². The standard InChI is InChI=1S/C17H19N3O3/c18-16(21)15-7-11-1-2-12(8-14(11)23-15)17(22)19-13-9-20-5-3-10(13)4-6-20/h1-2,7-8,10,13H,3-6,9H2,(H2,18,21)(H,19,22)/t13-/m0/s1. The summed E-state index contributed by atoms with van der Waals surface area (Å²) in [6.07, 6.45) is 2.31. The average Bonchev–Trinajstić information content (AvgIpc) is 2.99. The van der Waals surface area contributed by atoms with E-state index in [1.807, 2.05) is 0 Å². The van der Waals surface area contributed by atoms with Crippen LogP contribution in [0.1, 0.15) is 33.8 Å². The van der Waals surface area contributed by atoms with Crippen molar-refractivity contribution < 1.29 is 14.0 Å². The third-order valence-electron chi connectivity index (χ3n) is 5.00. The van der Waals surface area contributed by atoms with Crippen molar-refractivity contribution in [2.75, 3.05) is 19.6 Å². The topological polar surface area (TPSA) is 88.6 Å². The number of nitrogens with one attached hydrogen (secondary N) is 1. The van der Waals surface area contributed by atoms with Crippen molar-refractivity contribution >= 4 is 22.8 Å². The molecule has 3 saturated heterocycles. The van der Waals surface area contributed by atoms with E-state index in [4.69, 9.17) is 10.2 Å². The fraction of sp³-hybridized carbons (Fsp3) is 0.412. The Morgan fingerprint density at radius 1 is 1.22 bits per heavy atom. The Balaban J connectivity index is 1.54. The highest BCUT2D eigenvalue weighted by molar-refractivity contribution is 5.99. The molecular weight excluding hydrogens is 294 g/mol. The predicted octanol–water partition coefficient (Wildman–Crippen LogP) is 1.36. The van der Waals surface area contributed by atoms with Gasteiger partial charge in [-0.15, -0.1) is 0 Å². The van der Waals surface area contributed by atoms with E-state index in [1.165, 1.54) is 0 Å². The highest BCUT2D eigenvalue weighted by Crippen LogP contribution is 2.28. The normalized spacial score (nSPS) is 26.3. The first kappa shape index (κ1) is 14.3. The second-order valence-corrected chi connectivity index (χ2v) is 6.45. The molecule has 3 fully saturated rings. The molecule has 6 heteroatoms. The first-order valence-corrected chi connectivity index (χ1v) is 7.97. The SMILES string of the molecule is NC(=O)c1cc2ccc(C(=O)N[C@H]3CN4CCC3CC4)cc2o1. The molecule has 2 bridgehead atoms. The summed E-state index contributed by atoms with van der Waals surface area (Å²) in [7, 11) is 0. The Kier molecular flexibility index (Phi) is 3.34. The number of carbonyl (C=O) groups is 2. The third kappa shape index (κ3) is 2.59. The average molecular weight is 313 g/mol. The van der Waals surface area contributed by atoms with Gasteiger partial charge in [-0.3, -0.25) is 9.59 Å². The Morgan fingerprint density at radius 2 is 2.00 bits per heavy atom. The molecule has 0 saturated carbocycles. The van der Waals surface area contributed by atoms with E-state index >= 15 is 0 Å². The van der Waals surface area contributed by atoms with E-state index in [0.717, 1.165) is 37.9 Å².